The van der Waals surface area contributed by atoms with E-state index in [1.807, 2.05) is 25.3 Å². The second-order valence-electron chi connectivity index (χ2n) is 5.13. The van der Waals surface area contributed by atoms with E-state index >= 15 is 0 Å². The van der Waals surface area contributed by atoms with Gasteiger partial charge in [-0.15, -0.1) is 11.3 Å². The number of hydrogen-bond acceptors (Lipinski definition) is 5. The lowest BCUT2D eigenvalue weighted by atomic mass is 10.2. The molecule has 0 spiro atoms. The molecule has 0 aliphatic carbocycles. The smallest absolute Gasteiger partial charge is 0.255 e. The number of thiazole rings is 1. The summed E-state index contributed by atoms with van der Waals surface area (Å²) in [6.07, 6.45) is 0.880. The van der Waals surface area contributed by atoms with Gasteiger partial charge in [0.15, 0.2) is 5.13 Å². The molecule has 0 radical (unpaired) electrons. The molecule has 0 bridgehead atoms. The number of ether oxygens (including phenoxy) is 1. The van der Waals surface area contributed by atoms with E-state index in [-0.39, 0.29) is 11.8 Å². The third-order valence-corrected chi connectivity index (χ3v) is 4.04. The van der Waals surface area contributed by atoms with Gasteiger partial charge in [0.25, 0.3) is 5.91 Å². The van der Waals surface area contributed by atoms with Crippen LogP contribution in [0, 0.1) is 6.92 Å². The second kappa shape index (κ2) is 9.02. The molecule has 2 amide bonds. The van der Waals surface area contributed by atoms with Gasteiger partial charge < -0.3 is 15.4 Å². The highest BCUT2D eigenvalue weighted by molar-refractivity contribution is 7.13. The Morgan fingerprint density at radius 2 is 2.08 bits per heavy atom. The molecule has 0 aliphatic heterocycles. The Bertz CT molecular complexity index is 700. The van der Waals surface area contributed by atoms with Gasteiger partial charge in [0.1, 0.15) is 5.75 Å². The van der Waals surface area contributed by atoms with E-state index in [4.69, 9.17) is 4.74 Å². The number of carbonyl (C=O) groups excluding carboxylic acids is 2. The maximum absolute atomic E-state index is 12.2. The maximum Gasteiger partial charge on any atom is 0.255 e. The normalized spacial score (nSPS) is 10.2. The molecule has 0 atom stereocenters. The molecule has 1 aromatic carbocycles. The first-order chi connectivity index (χ1) is 11.6. The third kappa shape index (κ3) is 5.34. The minimum Gasteiger partial charge on any atom is -0.493 e. The van der Waals surface area contributed by atoms with E-state index in [9.17, 15) is 9.59 Å². The van der Waals surface area contributed by atoms with Crippen molar-refractivity contribution in [3.63, 3.8) is 0 Å². The van der Waals surface area contributed by atoms with E-state index in [0.29, 0.717) is 42.4 Å². The van der Waals surface area contributed by atoms with Crippen molar-refractivity contribution in [3.8, 4) is 5.75 Å². The lowest BCUT2D eigenvalue weighted by Crippen LogP contribution is -2.26. The number of aryl methyl sites for hydroxylation is 1. The Balaban J connectivity index is 1.74. The molecule has 0 aliphatic rings. The summed E-state index contributed by atoms with van der Waals surface area (Å²) < 4.78 is 5.44. The molecule has 0 fully saturated rings. The Hall–Kier alpha value is -2.41. The Labute approximate surface area is 145 Å². The van der Waals surface area contributed by atoms with Crippen molar-refractivity contribution in [2.45, 2.75) is 26.7 Å². The predicted octanol–water partition coefficient (Wildman–Crippen LogP) is 3.00. The van der Waals surface area contributed by atoms with Crippen LogP contribution in [0.5, 0.6) is 5.75 Å². The van der Waals surface area contributed by atoms with Gasteiger partial charge in [-0.25, -0.2) is 4.98 Å². The predicted molar refractivity (Wildman–Crippen MR) is 94.7 cm³/mol. The van der Waals surface area contributed by atoms with Gasteiger partial charge in [-0.3, -0.25) is 9.59 Å². The summed E-state index contributed by atoms with van der Waals surface area (Å²) in [5.74, 6) is 0.262. The van der Waals surface area contributed by atoms with Crippen LogP contribution in [0.1, 0.15) is 35.8 Å². The van der Waals surface area contributed by atoms with Crippen LogP contribution >= 0.6 is 11.3 Å². The van der Waals surface area contributed by atoms with E-state index in [2.05, 4.69) is 15.6 Å². The summed E-state index contributed by atoms with van der Waals surface area (Å²) in [6.45, 7) is 4.67. The fourth-order valence-corrected chi connectivity index (χ4v) is 2.78. The zero-order chi connectivity index (χ0) is 17.4. The van der Waals surface area contributed by atoms with Crippen LogP contribution in [0.25, 0.3) is 0 Å². The van der Waals surface area contributed by atoms with Crippen molar-refractivity contribution in [2.24, 2.45) is 0 Å². The first-order valence-electron chi connectivity index (χ1n) is 7.82. The molecule has 2 N–H and O–H groups in total. The van der Waals surface area contributed by atoms with E-state index in [0.717, 1.165) is 5.69 Å². The standard InChI is InChI=1S/C17H21N3O3S/c1-3-23-14-8-5-4-7-13(14)16(22)18-10-6-9-15(21)20-17-19-12(2)11-24-17/h4-5,7-8,11H,3,6,9-10H2,1-2H3,(H,18,22)(H,19,20,21). The van der Waals surface area contributed by atoms with Crippen LogP contribution in [-0.2, 0) is 4.79 Å². The Morgan fingerprint density at radius 1 is 1.29 bits per heavy atom. The van der Waals surface area contributed by atoms with Crippen LogP contribution in [0.2, 0.25) is 0 Å². The minimum absolute atomic E-state index is 0.103. The van der Waals surface area contributed by atoms with Crippen molar-refractivity contribution < 1.29 is 14.3 Å². The Kier molecular flexibility index (Phi) is 6.74. The van der Waals surface area contributed by atoms with Gasteiger partial charge in [-0.2, -0.15) is 0 Å². The van der Waals surface area contributed by atoms with E-state index in [1.54, 1.807) is 18.2 Å². The summed E-state index contributed by atoms with van der Waals surface area (Å²) in [7, 11) is 0. The molecule has 0 saturated heterocycles. The number of amides is 2. The van der Waals surface area contributed by atoms with Gasteiger partial charge in [0.2, 0.25) is 5.91 Å². The maximum atomic E-state index is 12.2. The number of benzene rings is 1. The molecule has 128 valence electrons. The summed E-state index contributed by atoms with van der Waals surface area (Å²) >= 11 is 1.40. The summed E-state index contributed by atoms with van der Waals surface area (Å²) in [5, 5.41) is 8.04. The number of nitrogens with one attached hydrogen (secondary N) is 2. The highest BCUT2D eigenvalue weighted by atomic mass is 32.1. The zero-order valence-electron chi connectivity index (χ0n) is 13.8. The van der Waals surface area contributed by atoms with Gasteiger partial charge in [-0.05, 0) is 32.4 Å². The lowest BCUT2D eigenvalue weighted by Gasteiger charge is -2.10. The molecule has 0 saturated carbocycles. The molecule has 6 nitrogen and oxygen atoms in total. The number of aromatic nitrogens is 1. The highest BCUT2D eigenvalue weighted by Gasteiger charge is 2.11. The minimum atomic E-state index is -0.199. The molecule has 0 unspecified atom stereocenters. The monoisotopic (exact) mass is 347 g/mol. The second-order valence-corrected chi connectivity index (χ2v) is 5.99. The fourth-order valence-electron chi connectivity index (χ4n) is 2.07. The van der Waals surface area contributed by atoms with Crippen LogP contribution in [-0.4, -0.2) is 29.9 Å². The summed E-state index contributed by atoms with van der Waals surface area (Å²) in [6, 6.07) is 7.10. The molecular weight excluding hydrogens is 326 g/mol. The van der Waals surface area contributed by atoms with Gasteiger partial charge in [0, 0.05) is 18.3 Å². The first-order valence-corrected chi connectivity index (χ1v) is 8.70. The quantitative estimate of drug-likeness (QED) is 0.720. The number of nitrogens with zero attached hydrogens (tertiary/aromatic N) is 1. The van der Waals surface area contributed by atoms with Crippen LogP contribution in [0.4, 0.5) is 5.13 Å². The molecular formula is C17H21N3O3S. The van der Waals surface area contributed by atoms with E-state index < -0.39 is 0 Å². The largest absolute Gasteiger partial charge is 0.493 e. The van der Waals surface area contributed by atoms with Crippen molar-refractivity contribution in [1.82, 2.24) is 10.3 Å². The number of rotatable bonds is 8. The molecule has 2 rings (SSSR count). The highest BCUT2D eigenvalue weighted by Crippen LogP contribution is 2.17. The average molecular weight is 347 g/mol. The summed E-state index contributed by atoms with van der Waals surface area (Å²) in [5.41, 5.74) is 1.39. The van der Waals surface area contributed by atoms with Crippen LogP contribution in [0.3, 0.4) is 0 Å². The molecule has 7 heteroatoms. The van der Waals surface area contributed by atoms with Crippen molar-refractivity contribution in [3.05, 3.63) is 40.9 Å². The number of para-hydroxylation sites is 1. The summed E-state index contributed by atoms with van der Waals surface area (Å²) in [4.78, 5) is 28.2. The molecule has 24 heavy (non-hydrogen) atoms. The van der Waals surface area contributed by atoms with Crippen molar-refractivity contribution in [1.29, 1.82) is 0 Å². The number of carbonyl (C=O) groups is 2. The average Bonchev–Trinajstić information content (AvgIpc) is 2.97. The van der Waals surface area contributed by atoms with Crippen LogP contribution < -0.4 is 15.4 Å². The zero-order valence-corrected chi connectivity index (χ0v) is 14.6. The number of anilines is 1. The first kappa shape index (κ1) is 17.9. The molecule has 2 aromatic rings. The topological polar surface area (TPSA) is 80.3 Å². The number of hydrogen-bond donors (Lipinski definition) is 2. The van der Waals surface area contributed by atoms with Crippen LogP contribution in [0.15, 0.2) is 29.6 Å². The molecule has 1 aromatic heterocycles. The molecule has 1 heterocycles. The third-order valence-electron chi connectivity index (χ3n) is 3.16. The Morgan fingerprint density at radius 3 is 2.79 bits per heavy atom. The van der Waals surface area contributed by atoms with Gasteiger partial charge >= 0.3 is 0 Å². The lowest BCUT2D eigenvalue weighted by molar-refractivity contribution is -0.116. The van der Waals surface area contributed by atoms with E-state index in [1.165, 1.54) is 11.3 Å². The van der Waals surface area contributed by atoms with Crippen molar-refractivity contribution in [2.75, 3.05) is 18.5 Å². The SMILES string of the molecule is CCOc1ccccc1C(=O)NCCCC(=O)Nc1nc(C)cs1. The van der Waals surface area contributed by atoms with Gasteiger partial charge in [0.05, 0.1) is 17.9 Å². The van der Waals surface area contributed by atoms with Crippen molar-refractivity contribution >= 4 is 28.3 Å². The fraction of sp³-hybridized carbons (Fsp3) is 0.353. The van der Waals surface area contributed by atoms with Gasteiger partial charge in [-0.1, -0.05) is 12.1 Å².